The molecule has 1 saturated carbocycles. The number of amides is 3. The third kappa shape index (κ3) is 7.06. The van der Waals surface area contributed by atoms with Gasteiger partial charge in [-0.3, -0.25) is 14.4 Å². The molecular weight excluding hydrogens is 540 g/mol. The Morgan fingerprint density at radius 2 is 1.88 bits per heavy atom. The molecule has 1 aliphatic heterocycles. The molecule has 41 heavy (non-hydrogen) atoms. The van der Waals surface area contributed by atoms with Crippen LogP contribution in [0.3, 0.4) is 0 Å². The van der Waals surface area contributed by atoms with Crippen molar-refractivity contribution in [1.82, 2.24) is 19.8 Å². The largest absolute Gasteiger partial charge is 0.342 e. The summed E-state index contributed by atoms with van der Waals surface area (Å²) in [5, 5.41) is 12.9. The lowest BCUT2D eigenvalue weighted by molar-refractivity contribution is -0.132. The van der Waals surface area contributed by atoms with Crippen LogP contribution in [-0.2, 0) is 9.59 Å². The van der Waals surface area contributed by atoms with E-state index in [0.29, 0.717) is 33.2 Å². The lowest BCUT2D eigenvalue weighted by Crippen LogP contribution is -2.44. The van der Waals surface area contributed by atoms with Crippen molar-refractivity contribution < 1.29 is 14.4 Å². The Bertz CT molecular complexity index is 1470. The van der Waals surface area contributed by atoms with Gasteiger partial charge in [-0.25, -0.2) is 4.98 Å². The van der Waals surface area contributed by atoms with Crippen LogP contribution in [0.2, 0.25) is 5.02 Å². The van der Waals surface area contributed by atoms with Crippen molar-refractivity contribution in [2.45, 2.75) is 58.9 Å². The molecule has 0 spiro atoms. The molecule has 2 N–H and O–H groups in total. The Morgan fingerprint density at radius 1 is 1.22 bits per heavy atom. The molecule has 216 valence electrons. The Morgan fingerprint density at radius 3 is 2.49 bits per heavy atom. The number of nitrogens with zero attached hydrogens (tertiary/aromatic N) is 4. The number of carbonyl (C=O) groups excluding carboxylic acids is 3. The number of carbonyl (C=O) groups is 3. The first kappa shape index (κ1) is 30.1. The average molecular weight is 577 g/mol. The summed E-state index contributed by atoms with van der Waals surface area (Å²) in [6.07, 6.45) is 2.38. The monoisotopic (exact) mass is 576 g/mol. The molecule has 3 amide bonds. The number of rotatable bonds is 6. The minimum absolute atomic E-state index is 0.0840. The number of likely N-dealkylation sites (tertiary alicyclic amines) is 1. The molecule has 2 aliphatic rings. The van der Waals surface area contributed by atoms with Crippen molar-refractivity contribution in [2.24, 2.45) is 11.3 Å². The van der Waals surface area contributed by atoms with Crippen molar-refractivity contribution in [3.05, 3.63) is 58.9 Å². The summed E-state index contributed by atoms with van der Waals surface area (Å²) in [4.78, 5) is 49.9. The second kappa shape index (κ2) is 12.3. The highest BCUT2D eigenvalue weighted by molar-refractivity contribution is 6.35. The highest BCUT2D eigenvalue weighted by Gasteiger charge is 2.48. The maximum atomic E-state index is 13.2. The van der Waals surface area contributed by atoms with Crippen LogP contribution < -0.4 is 5.32 Å². The molecule has 1 aromatic heterocycles. The molecule has 2 heterocycles. The van der Waals surface area contributed by atoms with E-state index >= 15 is 0 Å². The van der Waals surface area contributed by atoms with Gasteiger partial charge >= 0.3 is 0 Å². The van der Waals surface area contributed by atoms with E-state index in [1.54, 1.807) is 31.2 Å². The molecule has 10 heteroatoms. The number of hydrogen-bond donors (Lipinski definition) is 2. The van der Waals surface area contributed by atoms with Crippen LogP contribution in [0.4, 0.5) is 5.69 Å². The van der Waals surface area contributed by atoms with Gasteiger partial charge in [0.2, 0.25) is 11.8 Å². The summed E-state index contributed by atoms with van der Waals surface area (Å²) >= 11 is 6.41. The molecule has 2 atom stereocenters. The number of likely N-dealkylation sites (N-methyl/N-ethyl adjacent to an activating group) is 1. The maximum absolute atomic E-state index is 13.2. The summed E-state index contributed by atoms with van der Waals surface area (Å²) in [5.74, 6) is 1.09. The first-order valence-corrected chi connectivity index (χ1v) is 14.3. The van der Waals surface area contributed by atoms with E-state index in [-0.39, 0.29) is 31.3 Å². The van der Waals surface area contributed by atoms with Gasteiger partial charge in [0.15, 0.2) is 0 Å². The number of imidazole rings is 1. The fraction of sp³-hybridized carbons (Fsp3) is 0.452. The topological polar surface area (TPSA) is 122 Å². The summed E-state index contributed by atoms with van der Waals surface area (Å²) in [7, 11) is 1.53. The van der Waals surface area contributed by atoms with Crippen molar-refractivity contribution in [1.29, 1.82) is 5.26 Å². The molecular formula is C31H37ClN6O3. The number of benzene rings is 2. The number of anilines is 1. The zero-order chi connectivity index (χ0) is 29.9. The summed E-state index contributed by atoms with van der Waals surface area (Å²) < 4.78 is 0. The second-order valence-electron chi connectivity index (χ2n) is 11.9. The number of aromatic nitrogens is 2. The van der Waals surface area contributed by atoms with Gasteiger partial charge in [-0.05, 0) is 56.4 Å². The van der Waals surface area contributed by atoms with Crippen LogP contribution in [0, 0.1) is 22.7 Å². The van der Waals surface area contributed by atoms with Gasteiger partial charge in [-0.1, -0.05) is 50.6 Å². The first-order chi connectivity index (χ1) is 19.4. The fourth-order valence-electron chi connectivity index (χ4n) is 4.79. The van der Waals surface area contributed by atoms with Crippen LogP contribution in [0.1, 0.15) is 69.1 Å². The molecule has 5 rings (SSSR count). The lowest BCUT2D eigenvalue weighted by atomic mass is 9.87. The molecule has 2 fully saturated rings. The predicted octanol–water partition coefficient (Wildman–Crippen LogP) is 5.60. The zero-order valence-corrected chi connectivity index (χ0v) is 25.0. The quantitative estimate of drug-likeness (QED) is 0.395. The van der Waals surface area contributed by atoms with E-state index < -0.39 is 17.4 Å². The van der Waals surface area contributed by atoms with Gasteiger partial charge < -0.3 is 20.1 Å². The van der Waals surface area contributed by atoms with E-state index in [1.807, 2.05) is 18.2 Å². The van der Waals surface area contributed by atoms with Crippen molar-refractivity contribution in [2.75, 3.05) is 25.5 Å². The number of fused-ring (bicyclic) bond motifs is 1. The van der Waals surface area contributed by atoms with E-state index in [9.17, 15) is 19.6 Å². The Hall–Kier alpha value is -3.90. The van der Waals surface area contributed by atoms with E-state index in [1.165, 1.54) is 16.8 Å². The SMILES string of the molecule is CC(C)C.CN(CC(=O)N1CC(C)(C(=O)Nc2ccccc2)CC1C#N)C(=O)c1cc(Cl)c2nc(C3CC3)[nH]c2c1. The first-order valence-electron chi connectivity index (χ1n) is 13.9. The molecule has 9 nitrogen and oxygen atoms in total. The van der Waals surface area contributed by atoms with Gasteiger partial charge in [-0.15, -0.1) is 0 Å². The minimum atomic E-state index is -0.938. The number of H-pyrrole nitrogens is 1. The van der Waals surface area contributed by atoms with Gasteiger partial charge in [-0.2, -0.15) is 5.26 Å². The molecule has 1 aliphatic carbocycles. The lowest BCUT2D eigenvalue weighted by Gasteiger charge is -2.25. The van der Waals surface area contributed by atoms with Crippen molar-refractivity contribution in [3.8, 4) is 6.07 Å². The van der Waals surface area contributed by atoms with Crippen molar-refractivity contribution in [3.63, 3.8) is 0 Å². The number of halogens is 1. The smallest absolute Gasteiger partial charge is 0.254 e. The van der Waals surface area contributed by atoms with E-state index in [4.69, 9.17) is 11.6 Å². The third-order valence-corrected chi connectivity index (χ3v) is 7.37. The van der Waals surface area contributed by atoms with Crippen molar-refractivity contribution >= 4 is 46.0 Å². The average Bonchev–Trinajstić information content (AvgIpc) is 3.58. The number of nitriles is 1. The standard InChI is InChI=1S/C27H27ClN6O3.C4H10/c1-27(26(37)30-18-6-4-3-5-7-18)12-19(13-29)34(15-27)22(35)14-33(2)25(36)17-10-20(28)23-21(11-17)31-24(32-23)16-8-9-16;1-4(2)3/h3-7,10-11,16,19H,8-9,12,14-15H2,1-2H3,(H,30,37)(H,31,32);4H,1-3H3. The molecule has 1 saturated heterocycles. The number of nitrogens with one attached hydrogen (secondary N) is 2. The zero-order valence-electron chi connectivity index (χ0n) is 24.2. The fourth-order valence-corrected chi connectivity index (χ4v) is 5.05. The van der Waals surface area contributed by atoms with E-state index in [2.05, 4.69) is 42.1 Å². The van der Waals surface area contributed by atoms with Crippen LogP contribution in [0.25, 0.3) is 11.0 Å². The normalized spacial score (nSPS) is 19.9. The van der Waals surface area contributed by atoms with Gasteiger partial charge in [0, 0.05) is 30.8 Å². The summed E-state index contributed by atoms with van der Waals surface area (Å²) in [5.41, 5.74) is 1.36. The maximum Gasteiger partial charge on any atom is 0.254 e. The molecule has 0 bridgehead atoms. The third-order valence-electron chi connectivity index (χ3n) is 7.08. The summed E-state index contributed by atoms with van der Waals surface area (Å²) in [6, 6.07) is 13.7. The molecule has 2 aromatic carbocycles. The van der Waals surface area contributed by atoms with Gasteiger partial charge in [0.25, 0.3) is 5.91 Å². The Kier molecular flexibility index (Phi) is 9.03. The molecule has 2 unspecified atom stereocenters. The van der Waals surface area contributed by atoms with Gasteiger partial charge in [0.05, 0.1) is 28.6 Å². The predicted molar refractivity (Wildman–Crippen MR) is 159 cm³/mol. The van der Waals surface area contributed by atoms with E-state index in [0.717, 1.165) is 24.6 Å². The summed E-state index contributed by atoms with van der Waals surface area (Å²) in [6.45, 7) is 8.09. The van der Waals surface area contributed by atoms with Crippen LogP contribution >= 0.6 is 11.6 Å². The van der Waals surface area contributed by atoms with Crippen LogP contribution in [-0.4, -0.2) is 63.7 Å². The van der Waals surface area contributed by atoms with Crippen LogP contribution in [0.5, 0.6) is 0 Å². The minimum Gasteiger partial charge on any atom is -0.342 e. The molecule has 3 aromatic rings. The second-order valence-corrected chi connectivity index (χ2v) is 12.3. The number of para-hydroxylation sites is 1. The highest BCUT2D eigenvalue weighted by Crippen LogP contribution is 2.40. The van der Waals surface area contributed by atoms with Crippen LogP contribution in [0.15, 0.2) is 42.5 Å². The Labute approximate surface area is 245 Å². The number of hydrogen-bond acceptors (Lipinski definition) is 5. The highest BCUT2D eigenvalue weighted by atomic mass is 35.5. The molecule has 0 radical (unpaired) electrons. The number of aromatic amines is 1. The Balaban J connectivity index is 0.000000909. The van der Waals surface area contributed by atoms with Gasteiger partial charge in [0.1, 0.15) is 17.4 Å².